The molecule has 1 N–H and O–H groups in total. The molecule has 1 aliphatic rings. The van der Waals surface area contributed by atoms with E-state index in [2.05, 4.69) is 14.8 Å². The summed E-state index contributed by atoms with van der Waals surface area (Å²) in [5.41, 5.74) is 1.38. The summed E-state index contributed by atoms with van der Waals surface area (Å²) in [5, 5.41) is 0. The second-order valence-electron chi connectivity index (χ2n) is 7.97. The first-order valence-corrected chi connectivity index (χ1v) is 10.1. The molecule has 5 nitrogen and oxygen atoms in total. The third kappa shape index (κ3) is 5.66. The summed E-state index contributed by atoms with van der Waals surface area (Å²) in [6.45, 7) is 4.77. The SMILES string of the molecule is CN(C)CCN(C[C@H]1CCCN(Cc2ccccc2F)C1)C(=O)c1ccc[nH]1. The Morgan fingerprint density at radius 2 is 2.04 bits per heavy atom. The van der Waals surface area contributed by atoms with Gasteiger partial charge in [-0.3, -0.25) is 9.69 Å². The number of likely N-dealkylation sites (tertiary alicyclic amines) is 1. The van der Waals surface area contributed by atoms with E-state index < -0.39 is 0 Å². The molecule has 0 saturated carbocycles. The minimum absolute atomic E-state index is 0.0538. The van der Waals surface area contributed by atoms with Gasteiger partial charge in [0, 0.05) is 44.5 Å². The molecule has 6 heteroatoms. The highest BCUT2D eigenvalue weighted by Crippen LogP contribution is 2.21. The monoisotopic (exact) mass is 386 g/mol. The third-order valence-electron chi connectivity index (χ3n) is 5.37. The number of hydrogen-bond donors (Lipinski definition) is 1. The maximum absolute atomic E-state index is 14.0. The number of likely N-dealkylation sites (N-methyl/N-ethyl adjacent to an activating group) is 1. The van der Waals surface area contributed by atoms with Gasteiger partial charge in [-0.05, 0) is 57.6 Å². The summed E-state index contributed by atoms with van der Waals surface area (Å²) in [6, 6.07) is 10.7. The van der Waals surface area contributed by atoms with E-state index in [-0.39, 0.29) is 11.7 Å². The largest absolute Gasteiger partial charge is 0.357 e. The molecule has 1 aromatic heterocycles. The predicted molar refractivity (Wildman–Crippen MR) is 110 cm³/mol. The van der Waals surface area contributed by atoms with Gasteiger partial charge in [-0.1, -0.05) is 18.2 Å². The van der Waals surface area contributed by atoms with Gasteiger partial charge in [-0.2, -0.15) is 0 Å². The van der Waals surface area contributed by atoms with E-state index in [1.165, 1.54) is 6.07 Å². The summed E-state index contributed by atoms with van der Waals surface area (Å²) in [6.07, 6.45) is 3.97. The first-order chi connectivity index (χ1) is 13.5. The summed E-state index contributed by atoms with van der Waals surface area (Å²) < 4.78 is 14.0. The number of hydrogen-bond acceptors (Lipinski definition) is 3. The lowest BCUT2D eigenvalue weighted by Gasteiger charge is -2.36. The highest BCUT2D eigenvalue weighted by molar-refractivity contribution is 5.92. The summed E-state index contributed by atoms with van der Waals surface area (Å²) in [5.74, 6) is 0.318. The number of carbonyl (C=O) groups is 1. The molecule has 0 spiro atoms. The molecule has 0 aliphatic carbocycles. The van der Waals surface area contributed by atoms with Crippen molar-refractivity contribution in [3.8, 4) is 0 Å². The molecule has 2 aromatic rings. The number of piperidine rings is 1. The van der Waals surface area contributed by atoms with Crippen molar-refractivity contribution < 1.29 is 9.18 Å². The summed E-state index contributed by atoms with van der Waals surface area (Å²) in [7, 11) is 4.04. The van der Waals surface area contributed by atoms with Crippen molar-refractivity contribution in [3.05, 3.63) is 59.7 Å². The van der Waals surface area contributed by atoms with E-state index in [1.54, 1.807) is 12.3 Å². The fourth-order valence-electron chi connectivity index (χ4n) is 3.85. The Balaban J connectivity index is 1.62. The normalized spacial score (nSPS) is 17.8. The average Bonchev–Trinajstić information content (AvgIpc) is 3.21. The van der Waals surface area contributed by atoms with Crippen LogP contribution in [-0.2, 0) is 6.54 Å². The van der Waals surface area contributed by atoms with E-state index in [9.17, 15) is 9.18 Å². The maximum Gasteiger partial charge on any atom is 0.270 e. The lowest BCUT2D eigenvalue weighted by Crippen LogP contribution is -2.44. The van der Waals surface area contributed by atoms with Crippen molar-refractivity contribution >= 4 is 5.91 Å². The molecule has 28 heavy (non-hydrogen) atoms. The topological polar surface area (TPSA) is 42.6 Å². The van der Waals surface area contributed by atoms with Crippen LogP contribution in [0.4, 0.5) is 4.39 Å². The number of amides is 1. The first kappa shape index (κ1) is 20.6. The van der Waals surface area contributed by atoms with Crippen LogP contribution in [-0.4, -0.2) is 72.4 Å². The van der Waals surface area contributed by atoms with Crippen LogP contribution in [0.3, 0.4) is 0 Å². The minimum atomic E-state index is -0.140. The van der Waals surface area contributed by atoms with Crippen LogP contribution in [0, 0.1) is 11.7 Å². The van der Waals surface area contributed by atoms with E-state index in [0.29, 0.717) is 24.7 Å². The van der Waals surface area contributed by atoms with Crippen LogP contribution in [0.2, 0.25) is 0 Å². The number of nitrogens with one attached hydrogen (secondary N) is 1. The zero-order valence-corrected chi connectivity index (χ0v) is 16.9. The molecule has 1 saturated heterocycles. The molecular weight excluding hydrogens is 355 g/mol. The Morgan fingerprint density at radius 1 is 1.21 bits per heavy atom. The molecule has 0 unspecified atom stereocenters. The van der Waals surface area contributed by atoms with Crippen molar-refractivity contribution in [1.82, 2.24) is 19.7 Å². The first-order valence-electron chi connectivity index (χ1n) is 10.1. The second kappa shape index (κ2) is 9.85. The van der Waals surface area contributed by atoms with E-state index >= 15 is 0 Å². The Bertz CT molecular complexity index is 747. The number of nitrogens with zero attached hydrogens (tertiary/aromatic N) is 3. The zero-order valence-electron chi connectivity index (χ0n) is 16.9. The van der Waals surface area contributed by atoms with E-state index in [0.717, 1.165) is 44.6 Å². The smallest absolute Gasteiger partial charge is 0.270 e. The van der Waals surface area contributed by atoms with Crippen molar-refractivity contribution in [2.75, 3.05) is 46.8 Å². The van der Waals surface area contributed by atoms with Crippen LogP contribution in [0.25, 0.3) is 0 Å². The highest BCUT2D eigenvalue weighted by Gasteiger charge is 2.25. The summed E-state index contributed by atoms with van der Waals surface area (Å²) >= 11 is 0. The zero-order chi connectivity index (χ0) is 19.9. The van der Waals surface area contributed by atoms with Gasteiger partial charge in [0.1, 0.15) is 11.5 Å². The van der Waals surface area contributed by atoms with E-state index in [1.807, 2.05) is 43.3 Å². The number of rotatable bonds is 8. The number of benzene rings is 1. The second-order valence-corrected chi connectivity index (χ2v) is 7.97. The molecule has 2 heterocycles. The number of aromatic amines is 1. The van der Waals surface area contributed by atoms with Crippen LogP contribution < -0.4 is 0 Å². The van der Waals surface area contributed by atoms with Crippen molar-refractivity contribution in [1.29, 1.82) is 0 Å². The van der Waals surface area contributed by atoms with Gasteiger partial charge in [0.15, 0.2) is 0 Å². The molecule has 152 valence electrons. The Labute approximate surface area is 167 Å². The molecule has 1 amide bonds. The Kier molecular flexibility index (Phi) is 7.23. The van der Waals surface area contributed by atoms with Crippen LogP contribution in [0.15, 0.2) is 42.6 Å². The standard InChI is InChI=1S/C22H31FN4O/c1-25(2)13-14-27(22(28)21-10-5-11-24-21)16-18-7-6-12-26(15-18)17-19-8-3-4-9-20(19)23/h3-5,8-11,18,24H,6-7,12-17H2,1-2H3/t18-/m0/s1. The van der Waals surface area contributed by atoms with Gasteiger partial charge < -0.3 is 14.8 Å². The number of carbonyl (C=O) groups excluding carboxylic acids is 1. The summed E-state index contributed by atoms with van der Waals surface area (Å²) in [4.78, 5) is 22.3. The minimum Gasteiger partial charge on any atom is -0.357 e. The lowest BCUT2D eigenvalue weighted by atomic mass is 9.96. The van der Waals surface area contributed by atoms with Crippen molar-refractivity contribution in [3.63, 3.8) is 0 Å². The predicted octanol–water partition coefficient (Wildman–Crippen LogP) is 3.07. The third-order valence-corrected chi connectivity index (χ3v) is 5.37. The molecule has 0 radical (unpaired) electrons. The van der Waals surface area contributed by atoms with Gasteiger partial charge >= 0.3 is 0 Å². The molecule has 1 aromatic carbocycles. The van der Waals surface area contributed by atoms with Crippen LogP contribution in [0.5, 0.6) is 0 Å². The van der Waals surface area contributed by atoms with Gasteiger partial charge in [0.2, 0.25) is 0 Å². The Hall–Kier alpha value is -2.18. The Morgan fingerprint density at radius 3 is 2.75 bits per heavy atom. The van der Waals surface area contributed by atoms with Crippen molar-refractivity contribution in [2.45, 2.75) is 19.4 Å². The molecular formula is C22H31FN4O. The number of aromatic nitrogens is 1. The molecule has 1 fully saturated rings. The quantitative estimate of drug-likeness (QED) is 0.758. The average molecular weight is 387 g/mol. The van der Waals surface area contributed by atoms with Crippen molar-refractivity contribution in [2.24, 2.45) is 5.92 Å². The van der Waals surface area contributed by atoms with Gasteiger partial charge in [0.25, 0.3) is 5.91 Å². The molecule has 3 rings (SSSR count). The van der Waals surface area contributed by atoms with Crippen LogP contribution in [0.1, 0.15) is 28.9 Å². The van der Waals surface area contributed by atoms with E-state index in [4.69, 9.17) is 0 Å². The lowest BCUT2D eigenvalue weighted by molar-refractivity contribution is 0.0655. The van der Waals surface area contributed by atoms with Gasteiger partial charge in [-0.15, -0.1) is 0 Å². The van der Waals surface area contributed by atoms with Crippen LogP contribution >= 0.6 is 0 Å². The molecule has 0 bridgehead atoms. The number of halogens is 1. The fourth-order valence-corrected chi connectivity index (χ4v) is 3.85. The fraction of sp³-hybridized carbons (Fsp3) is 0.500. The molecule has 1 atom stereocenters. The van der Waals surface area contributed by atoms with Gasteiger partial charge in [0.05, 0.1) is 0 Å². The number of H-pyrrole nitrogens is 1. The molecule has 1 aliphatic heterocycles. The maximum atomic E-state index is 14.0. The van der Waals surface area contributed by atoms with Gasteiger partial charge in [-0.25, -0.2) is 4.39 Å². The highest BCUT2D eigenvalue weighted by atomic mass is 19.1.